The van der Waals surface area contributed by atoms with Gasteiger partial charge in [-0.15, -0.1) is 0 Å². The number of nitrogens with zero attached hydrogens (tertiary/aromatic N) is 1. The number of benzene rings is 1. The zero-order chi connectivity index (χ0) is 11.1. The lowest BCUT2D eigenvalue weighted by molar-refractivity contribution is 0.503. The maximum atomic E-state index is 2.54. The minimum Gasteiger partial charge on any atom is -0.371 e. The van der Waals surface area contributed by atoms with Gasteiger partial charge in [0, 0.05) is 18.8 Å². The second kappa shape index (κ2) is 3.80. The Morgan fingerprint density at radius 1 is 1.25 bits per heavy atom. The molecular weight excluding hydrogens is 194 g/mol. The largest absolute Gasteiger partial charge is 0.371 e. The van der Waals surface area contributed by atoms with Crippen LogP contribution in [-0.2, 0) is 12.8 Å². The molecular formula is C15H21N. The fourth-order valence-corrected chi connectivity index (χ4v) is 3.11. The van der Waals surface area contributed by atoms with E-state index in [1.165, 1.54) is 36.9 Å². The second-order valence-corrected chi connectivity index (χ2v) is 5.37. The van der Waals surface area contributed by atoms with Crippen LogP contribution >= 0.6 is 0 Å². The SMILES string of the molecule is CCc1ccc2c(c1)CCC(C1CC1)N2C. The Kier molecular flexibility index (Phi) is 2.42. The molecule has 0 aromatic heterocycles. The van der Waals surface area contributed by atoms with Gasteiger partial charge in [-0.3, -0.25) is 0 Å². The topological polar surface area (TPSA) is 3.24 Å². The number of rotatable bonds is 2. The molecule has 0 spiro atoms. The van der Waals surface area contributed by atoms with E-state index in [0.717, 1.165) is 18.4 Å². The molecule has 0 bridgehead atoms. The Bertz CT molecular complexity index is 392. The Hall–Kier alpha value is -0.980. The van der Waals surface area contributed by atoms with Gasteiger partial charge in [-0.05, 0) is 55.2 Å². The molecule has 86 valence electrons. The molecule has 1 aromatic rings. The lowest BCUT2D eigenvalue weighted by Gasteiger charge is -2.36. The van der Waals surface area contributed by atoms with E-state index in [2.05, 4.69) is 37.1 Å². The van der Waals surface area contributed by atoms with Crippen molar-refractivity contribution < 1.29 is 0 Å². The zero-order valence-corrected chi connectivity index (χ0v) is 10.4. The molecule has 2 aliphatic rings. The zero-order valence-electron chi connectivity index (χ0n) is 10.4. The monoisotopic (exact) mass is 215 g/mol. The second-order valence-electron chi connectivity index (χ2n) is 5.37. The summed E-state index contributed by atoms with van der Waals surface area (Å²) in [5, 5.41) is 0. The smallest absolute Gasteiger partial charge is 0.0398 e. The van der Waals surface area contributed by atoms with Gasteiger partial charge in [0.1, 0.15) is 0 Å². The van der Waals surface area contributed by atoms with Crippen molar-refractivity contribution in [3.05, 3.63) is 29.3 Å². The highest BCUT2D eigenvalue weighted by molar-refractivity contribution is 5.57. The maximum Gasteiger partial charge on any atom is 0.0398 e. The van der Waals surface area contributed by atoms with Gasteiger partial charge < -0.3 is 4.90 Å². The van der Waals surface area contributed by atoms with Crippen molar-refractivity contribution in [3.8, 4) is 0 Å². The maximum absolute atomic E-state index is 2.54. The van der Waals surface area contributed by atoms with Crippen molar-refractivity contribution in [1.82, 2.24) is 0 Å². The minimum absolute atomic E-state index is 0.819. The van der Waals surface area contributed by atoms with Crippen molar-refractivity contribution in [2.24, 2.45) is 5.92 Å². The number of hydrogen-bond acceptors (Lipinski definition) is 1. The quantitative estimate of drug-likeness (QED) is 0.730. The van der Waals surface area contributed by atoms with Gasteiger partial charge in [-0.25, -0.2) is 0 Å². The molecule has 1 atom stereocenters. The normalized spacial score (nSPS) is 24.4. The van der Waals surface area contributed by atoms with E-state index in [-0.39, 0.29) is 0 Å². The fraction of sp³-hybridized carbons (Fsp3) is 0.600. The van der Waals surface area contributed by atoms with Crippen LogP contribution in [0.3, 0.4) is 0 Å². The van der Waals surface area contributed by atoms with Crippen LogP contribution in [-0.4, -0.2) is 13.1 Å². The van der Waals surface area contributed by atoms with Crippen molar-refractivity contribution in [3.63, 3.8) is 0 Å². The van der Waals surface area contributed by atoms with Gasteiger partial charge in [0.25, 0.3) is 0 Å². The first-order valence-electron chi connectivity index (χ1n) is 6.64. The molecule has 0 radical (unpaired) electrons. The molecule has 0 saturated heterocycles. The molecule has 1 aliphatic heterocycles. The first-order valence-corrected chi connectivity index (χ1v) is 6.64. The van der Waals surface area contributed by atoms with Crippen molar-refractivity contribution in [1.29, 1.82) is 0 Å². The van der Waals surface area contributed by atoms with E-state index in [9.17, 15) is 0 Å². The van der Waals surface area contributed by atoms with Crippen LogP contribution in [0.2, 0.25) is 0 Å². The number of hydrogen-bond donors (Lipinski definition) is 0. The Balaban J connectivity index is 1.91. The average Bonchev–Trinajstić information content (AvgIpc) is 3.13. The van der Waals surface area contributed by atoms with Crippen LogP contribution in [0.1, 0.15) is 37.3 Å². The van der Waals surface area contributed by atoms with Gasteiger partial charge in [0.2, 0.25) is 0 Å². The molecule has 0 amide bonds. The average molecular weight is 215 g/mol. The molecule has 1 nitrogen and oxygen atoms in total. The lowest BCUT2D eigenvalue weighted by atomic mass is 9.92. The molecule has 3 rings (SSSR count). The molecule has 0 N–H and O–H groups in total. The highest BCUT2D eigenvalue weighted by Gasteiger charge is 2.36. The Morgan fingerprint density at radius 2 is 2.06 bits per heavy atom. The Labute approximate surface area is 98.5 Å². The third kappa shape index (κ3) is 1.63. The molecule has 1 aromatic carbocycles. The van der Waals surface area contributed by atoms with Gasteiger partial charge in [0.05, 0.1) is 0 Å². The Morgan fingerprint density at radius 3 is 2.75 bits per heavy atom. The van der Waals surface area contributed by atoms with Crippen LogP contribution in [0, 0.1) is 5.92 Å². The summed E-state index contributed by atoms with van der Waals surface area (Å²) in [4.78, 5) is 2.54. The van der Waals surface area contributed by atoms with Gasteiger partial charge in [-0.1, -0.05) is 19.1 Å². The summed E-state index contributed by atoms with van der Waals surface area (Å²) in [6.07, 6.45) is 6.72. The van der Waals surface area contributed by atoms with Gasteiger partial charge in [-0.2, -0.15) is 0 Å². The molecule has 1 heterocycles. The third-order valence-corrected chi connectivity index (χ3v) is 4.31. The summed E-state index contributed by atoms with van der Waals surface area (Å²) >= 11 is 0. The van der Waals surface area contributed by atoms with Gasteiger partial charge >= 0.3 is 0 Å². The number of aryl methyl sites for hydroxylation is 2. The highest BCUT2D eigenvalue weighted by atomic mass is 15.2. The predicted molar refractivity (Wildman–Crippen MR) is 69.1 cm³/mol. The minimum atomic E-state index is 0.819. The summed E-state index contributed by atoms with van der Waals surface area (Å²) in [5.74, 6) is 0.990. The van der Waals surface area contributed by atoms with E-state index in [0.29, 0.717) is 0 Å². The van der Waals surface area contributed by atoms with E-state index in [1.54, 1.807) is 5.56 Å². The molecule has 16 heavy (non-hydrogen) atoms. The van der Waals surface area contributed by atoms with Crippen LogP contribution < -0.4 is 4.90 Å². The standard InChI is InChI=1S/C15H21N/c1-3-11-4-8-15-13(10-11)7-9-14(16(15)2)12-5-6-12/h4,8,10,12,14H,3,5-7,9H2,1-2H3. The van der Waals surface area contributed by atoms with Crippen LogP contribution in [0.4, 0.5) is 5.69 Å². The van der Waals surface area contributed by atoms with Crippen molar-refractivity contribution in [2.75, 3.05) is 11.9 Å². The predicted octanol–water partition coefficient (Wildman–Crippen LogP) is 3.41. The van der Waals surface area contributed by atoms with Crippen LogP contribution in [0.25, 0.3) is 0 Å². The molecule has 1 unspecified atom stereocenters. The van der Waals surface area contributed by atoms with Crippen molar-refractivity contribution >= 4 is 5.69 Å². The number of anilines is 1. The summed E-state index contributed by atoms with van der Waals surface area (Å²) < 4.78 is 0. The fourth-order valence-electron chi connectivity index (χ4n) is 3.11. The molecule has 1 heteroatoms. The third-order valence-electron chi connectivity index (χ3n) is 4.31. The van der Waals surface area contributed by atoms with E-state index in [4.69, 9.17) is 0 Å². The molecule has 1 saturated carbocycles. The summed E-state index contributed by atoms with van der Waals surface area (Å²) in [5.41, 5.74) is 4.54. The van der Waals surface area contributed by atoms with Crippen LogP contribution in [0.5, 0.6) is 0 Å². The lowest BCUT2D eigenvalue weighted by Crippen LogP contribution is -2.37. The van der Waals surface area contributed by atoms with Crippen molar-refractivity contribution in [2.45, 2.75) is 45.1 Å². The van der Waals surface area contributed by atoms with Crippen LogP contribution in [0.15, 0.2) is 18.2 Å². The van der Waals surface area contributed by atoms with E-state index >= 15 is 0 Å². The van der Waals surface area contributed by atoms with E-state index in [1.807, 2.05) is 0 Å². The summed E-state index contributed by atoms with van der Waals surface area (Å²) in [6.45, 7) is 2.24. The highest BCUT2D eigenvalue weighted by Crippen LogP contribution is 2.42. The summed E-state index contributed by atoms with van der Waals surface area (Å²) in [6, 6.07) is 7.86. The number of fused-ring (bicyclic) bond motifs is 1. The summed E-state index contributed by atoms with van der Waals surface area (Å²) in [7, 11) is 2.28. The van der Waals surface area contributed by atoms with Gasteiger partial charge in [0.15, 0.2) is 0 Å². The van der Waals surface area contributed by atoms with E-state index < -0.39 is 0 Å². The molecule has 1 aliphatic carbocycles. The molecule has 1 fully saturated rings. The first kappa shape index (κ1) is 10.2. The first-order chi connectivity index (χ1) is 7.79.